The van der Waals surface area contributed by atoms with Crippen molar-refractivity contribution in [2.45, 2.75) is 19.8 Å². The molecule has 1 rings (SSSR count). The number of aromatic nitrogens is 2. The summed E-state index contributed by atoms with van der Waals surface area (Å²) in [5.74, 6) is 1.75. The molecule has 1 aromatic rings. The summed E-state index contributed by atoms with van der Waals surface area (Å²) in [6.07, 6.45) is 1.56. The third-order valence-corrected chi connectivity index (χ3v) is 1.99. The number of aryl methyl sites for hydroxylation is 1. The number of aliphatic hydroxyl groups is 1. The van der Waals surface area contributed by atoms with Gasteiger partial charge in [-0.2, -0.15) is 0 Å². The van der Waals surface area contributed by atoms with E-state index in [-0.39, 0.29) is 6.61 Å². The Hall–Kier alpha value is -0.940. The molecule has 0 aromatic carbocycles. The van der Waals surface area contributed by atoms with E-state index in [1.54, 1.807) is 6.07 Å². The predicted octanol–water partition coefficient (Wildman–Crippen LogP) is 1.50. The molecule has 0 fully saturated rings. The number of anilines is 1. The maximum absolute atomic E-state index is 8.62. The fourth-order valence-corrected chi connectivity index (χ4v) is 1.30. The molecule has 0 radical (unpaired) electrons. The third kappa shape index (κ3) is 3.43. The lowest BCUT2D eigenvalue weighted by atomic mass is 10.4. The third-order valence-electron chi connectivity index (χ3n) is 1.78. The molecule has 0 atom stereocenters. The molecule has 0 spiro atoms. The number of aliphatic hydroxyl groups excluding tert-OH is 1. The van der Waals surface area contributed by atoms with Crippen LogP contribution in [0, 0.1) is 4.64 Å². The van der Waals surface area contributed by atoms with E-state index < -0.39 is 0 Å². The first-order chi connectivity index (χ1) is 6.76. The molecular formula is C9H15N3OS. The molecule has 1 heterocycles. The lowest BCUT2D eigenvalue weighted by molar-refractivity contribution is 0.292. The van der Waals surface area contributed by atoms with Crippen molar-refractivity contribution in [3.05, 3.63) is 16.5 Å². The lowest BCUT2D eigenvalue weighted by Crippen LogP contribution is -2.06. The highest BCUT2D eigenvalue weighted by Gasteiger charge is 1.95. The molecule has 78 valence electrons. The van der Waals surface area contributed by atoms with Crippen LogP contribution in [0.2, 0.25) is 0 Å². The second-order valence-electron chi connectivity index (χ2n) is 2.94. The second kappa shape index (κ2) is 5.72. The zero-order chi connectivity index (χ0) is 10.4. The zero-order valence-electron chi connectivity index (χ0n) is 8.21. The van der Waals surface area contributed by atoms with E-state index in [0.717, 1.165) is 31.0 Å². The van der Waals surface area contributed by atoms with Crippen molar-refractivity contribution in [3.63, 3.8) is 0 Å². The molecule has 0 saturated carbocycles. The molecule has 1 aromatic heterocycles. The van der Waals surface area contributed by atoms with Gasteiger partial charge in [-0.3, -0.25) is 0 Å². The minimum absolute atomic E-state index is 0.194. The number of nitrogens with one attached hydrogen (secondary N) is 2. The summed E-state index contributed by atoms with van der Waals surface area (Å²) in [6, 6.07) is 1.78. The Kier molecular flexibility index (Phi) is 4.55. The normalized spacial score (nSPS) is 10.1. The SMILES string of the molecule is CCc1nc(=S)cc(NCCCO)[nH]1. The van der Waals surface area contributed by atoms with Crippen molar-refractivity contribution < 1.29 is 5.11 Å². The molecule has 0 aliphatic heterocycles. The molecule has 5 heteroatoms. The van der Waals surface area contributed by atoms with Gasteiger partial charge in [-0.1, -0.05) is 19.1 Å². The molecule has 0 unspecified atom stereocenters. The first-order valence-corrected chi connectivity index (χ1v) is 5.12. The Bertz CT molecular complexity index is 337. The maximum atomic E-state index is 8.62. The standard InChI is InChI=1S/C9H15N3OS/c1-2-7-11-8(6-9(14)12-7)10-4-3-5-13/h6,13H,2-5H2,1H3,(H2,10,11,12,14). The first kappa shape index (κ1) is 11.1. The van der Waals surface area contributed by atoms with E-state index in [1.165, 1.54) is 0 Å². The van der Waals surface area contributed by atoms with Crippen LogP contribution in [-0.2, 0) is 6.42 Å². The monoisotopic (exact) mass is 213 g/mol. The molecule has 0 bridgehead atoms. The van der Waals surface area contributed by atoms with Crippen molar-refractivity contribution in [1.29, 1.82) is 0 Å². The lowest BCUT2D eigenvalue weighted by Gasteiger charge is -2.06. The van der Waals surface area contributed by atoms with Gasteiger partial charge >= 0.3 is 0 Å². The molecule has 4 nitrogen and oxygen atoms in total. The largest absolute Gasteiger partial charge is 0.396 e. The van der Waals surface area contributed by atoms with E-state index in [2.05, 4.69) is 15.3 Å². The maximum Gasteiger partial charge on any atom is 0.131 e. The first-order valence-electron chi connectivity index (χ1n) is 4.71. The second-order valence-corrected chi connectivity index (χ2v) is 3.36. The summed E-state index contributed by atoms with van der Waals surface area (Å²) in [4.78, 5) is 7.27. The summed E-state index contributed by atoms with van der Waals surface area (Å²) in [5.41, 5.74) is 0. The number of aromatic amines is 1. The van der Waals surface area contributed by atoms with Gasteiger partial charge in [-0.15, -0.1) is 0 Å². The summed E-state index contributed by atoms with van der Waals surface area (Å²) in [6.45, 7) is 2.94. The average Bonchev–Trinajstić information content (AvgIpc) is 2.17. The Morgan fingerprint density at radius 3 is 3.07 bits per heavy atom. The molecule has 0 aliphatic carbocycles. The minimum atomic E-state index is 0.194. The van der Waals surface area contributed by atoms with Gasteiger partial charge in [0.25, 0.3) is 0 Å². The van der Waals surface area contributed by atoms with E-state index in [1.807, 2.05) is 6.92 Å². The van der Waals surface area contributed by atoms with Crippen molar-refractivity contribution >= 4 is 18.0 Å². The van der Waals surface area contributed by atoms with Crippen LogP contribution >= 0.6 is 12.2 Å². The Labute approximate surface area is 88.4 Å². The molecular weight excluding hydrogens is 198 g/mol. The van der Waals surface area contributed by atoms with Crippen LogP contribution in [0.25, 0.3) is 0 Å². The van der Waals surface area contributed by atoms with Gasteiger partial charge in [-0.25, -0.2) is 4.98 Å². The topological polar surface area (TPSA) is 60.9 Å². The predicted molar refractivity (Wildman–Crippen MR) is 59.0 cm³/mol. The van der Waals surface area contributed by atoms with Gasteiger partial charge in [0.05, 0.1) is 0 Å². The Balaban J connectivity index is 2.67. The van der Waals surface area contributed by atoms with Crippen LogP contribution in [0.4, 0.5) is 5.82 Å². The van der Waals surface area contributed by atoms with E-state index >= 15 is 0 Å². The van der Waals surface area contributed by atoms with Gasteiger partial charge in [0.15, 0.2) is 0 Å². The van der Waals surface area contributed by atoms with E-state index in [0.29, 0.717) is 4.64 Å². The summed E-state index contributed by atoms with van der Waals surface area (Å²) < 4.78 is 0.590. The van der Waals surface area contributed by atoms with Crippen LogP contribution < -0.4 is 5.32 Å². The quantitative estimate of drug-likeness (QED) is 0.512. The average molecular weight is 213 g/mol. The Morgan fingerprint density at radius 2 is 2.43 bits per heavy atom. The van der Waals surface area contributed by atoms with Gasteiger partial charge in [0, 0.05) is 25.6 Å². The molecule has 0 saturated heterocycles. The van der Waals surface area contributed by atoms with Gasteiger partial charge in [-0.05, 0) is 6.42 Å². The summed E-state index contributed by atoms with van der Waals surface area (Å²) in [5, 5.41) is 11.8. The highest BCUT2D eigenvalue weighted by Crippen LogP contribution is 2.04. The van der Waals surface area contributed by atoms with E-state index in [9.17, 15) is 0 Å². The Morgan fingerprint density at radius 1 is 1.64 bits per heavy atom. The van der Waals surface area contributed by atoms with Crippen molar-refractivity contribution in [1.82, 2.24) is 9.97 Å². The highest BCUT2D eigenvalue weighted by atomic mass is 32.1. The van der Waals surface area contributed by atoms with Crippen molar-refractivity contribution in [2.24, 2.45) is 0 Å². The number of H-pyrrole nitrogens is 1. The van der Waals surface area contributed by atoms with Gasteiger partial charge < -0.3 is 15.4 Å². The number of nitrogens with zero attached hydrogens (tertiary/aromatic N) is 1. The fourth-order valence-electron chi connectivity index (χ4n) is 1.07. The summed E-state index contributed by atoms with van der Waals surface area (Å²) in [7, 11) is 0. The smallest absolute Gasteiger partial charge is 0.131 e. The molecule has 3 N–H and O–H groups in total. The van der Waals surface area contributed by atoms with Gasteiger partial charge in [0.2, 0.25) is 0 Å². The van der Waals surface area contributed by atoms with Crippen LogP contribution in [0.15, 0.2) is 6.07 Å². The molecule has 0 amide bonds. The van der Waals surface area contributed by atoms with E-state index in [4.69, 9.17) is 17.3 Å². The van der Waals surface area contributed by atoms with Crippen molar-refractivity contribution in [2.75, 3.05) is 18.5 Å². The number of hydrogen-bond acceptors (Lipinski definition) is 4. The highest BCUT2D eigenvalue weighted by molar-refractivity contribution is 7.71. The summed E-state index contributed by atoms with van der Waals surface area (Å²) >= 11 is 5.01. The number of rotatable bonds is 5. The van der Waals surface area contributed by atoms with Gasteiger partial charge in [0.1, 0.15) is 16.3 Å². The molecule has 14 heavy (non-hydrogen) atoms. The van der Waals surface area contributed by atoms with Crippen LogP contribution in [0.3, 0.4) is 0 Å². The molecule has 0 aliphatic rings. The van der Waals surface area contributed by atoms with Crippen LogP contribution in [0.5, 0.6) is 0 Å². The zero-order valence-corrected chi connectivity index (χ0v) is 9.02. The minimum Gasteiger partial charge on any atom is -0.396 e. The van der Waals surface area contributed by atoms with Crippen LogP contribution in [0.1, 0.15) is 19.2 Å². The number of hydrogen-bond donors (Lipinski definition) is 3. The van der Waals surface area contributed by atoms with Crippen molar-refractivity contribution in [3.8, 4) is 0 Å². The van der Waals surface area contributed by atoms with Crippen LogP contribution in [-0.4, -0.2) is 28.2 Å². The fraction of sp³-hybridized carbons (Fsp3) is 0.556.